The van der Waals surface area contributed by atoms with Crippen molar-refractivity contribution in [1.82, 2.24) is 0 Å². The third-order valence-electron chi connectivity index (χ3n) is 2.92. The number of hydrogen-bond acceptors (Lipinski definition) is 8. The van der Waals surface area contributed by atoms with Crippen molar-refractivity contribution in [3.05, 3.63) is 0 Å². The SMILES string of the molecule is O=S(=O)(O)CCCS.O=S(=O)(O)CCC[S]([Na])(CCCS(=O)(=O)O)[S][Na]. The third kappa shape index (κ3) is 24.8. The molecule has 0 aliphatic carbocycles. The van der Waals surface area contributed by atoms with Crippen LogP contribution in [0.5, 0.6) is 0 Å². The zero-order valence-electron chi connectivity index (χ0n) is 14.6. The van der Waals surface area contributed by atoms with Crippen molar-refractivity contribution in [2.45, 2.75) is 19.3 Å². The van der Waals surface area contributed by atoms with Gasteiger partial charge in [-0.05, 0) is 12.2 Å². The van der Waals surface area contributed by atoms with Crippen LogP contribution in [0.3, 0.4) is 0 Å². The molecule has 0 saturated heterocycles. The molecule has 0 radical (unpaired) electrons. The molecule has 0 aliphatic rings. The van der Waals surface area contributed by atoms with E-state index in [0.717, 1.165) is 64.2 Å². The maximum atomic E-state index is 10.6. The molecule has 0 atom stereocenters. The second-order valence-corrected chi connectivity index (χ2v) is 27.0. The zero-order valence-corrected chi connectivity index (χ0v) is 23.6. The molecule has 3 N–H and O–H groups in total. The van der Waals surface area contributed by atoms with Crippen molar-refractivity contribution >= 4 is 108 Å². The van der Waals surface area contributed by atoms with Gasteiger partial charge in [0.25, 0.3) is 10.1 Å². The predicted octanol–water partition coefficient (Wildman–Crippen LogP) is 0.356. The van der Waals surface area contributed by atoms with Crippen LogP contribution in [-0.4, -0.2) is 126 Å². The monoisotopic (exact) mass is 512 g/mol. The standard InChI is InChI=1S/C6H14O6S4.C3H8O3S2.2Na/c7-15(8,9)5-1-3-14(13)4-2-6-16(10,11)12;4-8(5,6)3-1-2-7;;/h1-6H2,(H,7,8,9)(H,10,11,12);7H,1-3H2,(H,4,5,6);;/q;;-1;+1. The van der Waals surface area contributed by atoms with Crippen molar-refractivity contribution in [3.63, 3.8) is 0 Å². The van der Waals surface area contributed by atoms with Gasteiger partial charge in [-0.3, -0.25) is 4.55 Å². The summed E-state index contributed by atoms with van der Waals surface area (Å²) in [7, 11) is -11.5. The quantitative estimate of drug-likeness (QED) is 0.124. The van der Waals surface area contributed by atoms with Gasteiger partial charge in [-0.1, -0.05) is 0 Å². The first kappa shape index (κ1) is 31.0. The summed E-state index contributed by atoms with van der Waals surface area (Å²) in [6.45, 7) is 1.80. The van der Waals surface area contributed by atoms with Crippen LogP contribution in [0.25, 0.3) is 0 Å². The molecule has 9 nitrogen and oxygen atoms in total. The molecule has 17 heteroatoms. The summed E-state index contributed by atoms with van der Waals surface area (Å²) in [4.78, 5) is 0. The molecule has 0 rings (SSSR count). The van der Waals surface area contributed by atoms with Crippen LogP contribution in [0.15, 0.2) is 0 Å². The van der Waals surface area contributed by atoms with E-state index >= 15 is 0 Å². The molecule has 0 saturated carbocycles. The van der Waals surface area contributed by atoms with Gasteiger partial charge in [-0.2, -0.15) is 21.0 Å². The Kier molecular flexibility index (Phi) is 17.5. The Balaban J connectivity index is 0. The molecule has 150 valence electrons. The molecule has 0 bridgehead atoms. The first-order valence-corrected chi connectivity index (χ1v) is 21.8. The van der Waals surface area contributed by atoms with Gasteiger partial charge in [-0.25, -0.2) is 0 Å². The van der Waals surface area contributed by atoms with Crippen molar-refractivity contribution in [2.75, 3.05) is 34.5 Å². The number of rotatable bonds is 12. The Labute approximate surface area is 197 Å². The van der Waals surface area contributed by atoms with E-state index in [9.17, 15) is 25.3 Å². The van der Waals surface area contributed by atoms with Gasteiger partial charge in [0.1, 0.15) is 0 Å². The van der Waals surface area contributed by atoms with Crippen molar-refractivity contribution in [2.24, 2.45) is 0 Å². The molecule has 0 amide bonds. The first-order chi connectivity index (χ1) is 11.5. The Morgan fingerprint density at radius 1 is 0.692 bits per heavy atom. The van der Waals surface area contributed by atoms with Crippen LogP contribution < -0.4 is 0 Å². The zero-order chi connectivity index (χ0) is 21.1. The molecule has 0 aromatic rings. The van der Waals surface area contributed by atoms with Gasteiger partial charge < -0.3 is 0 Å². The fourth-order valence-corrected chi connectivity index (χ4v) is 12.4. The van der Waals surface area contributed by atoms with E-state index in [-0.39, 0.29) is 17.3 Å². The van der Waals surface area contributed by atoms with E-state index in [2.05, 4.69) is 12.6 Å². The molecule has 0 fully saturated rings. The Morgan fingerprint density at radius 2 is 1.00 bits per heavy atom. The predicted molar refractivity (Wildman–Crippen MR) is 113 cm³/mol. The molecule has 0 aromatic heterocycles. The summed E-state index contributed by atoms with van der Waals surface area (Å²) in [5, 5.41) is -0.956. The third-order valence-corrected chi connectivity index (χ3v) is 30.9. The van der Waals surface area contributed by atoms with E-state index < -0.39 is 35.5 Å². The van der Waals surface area contributed by atoms with Gasteiger partial charge in [0.15, 0.2) is 0 Å². The molecule has 0 spiro atoms. The summed E-state index contributed by atoms with van der Waals surface area (Å²) in [6.07, 6.45) is 1.24. The fourth-order valence-electron chi connectivity index (χ4n) is 1.61. The number of hydrogen-bond donors (Lipinski definition) is 4. The van der Waals surface area contributed by atoms with E-state index in [1.807, 2.05) is 0 Å². The number of thiol groups is 1. The van der Waals surface area contributed by atoms with Crippen LogP contribution in [0.1, 0.15) is 19.3 Å². The topological polar surface area (TPSA) is 163 Å². The van der Waals surface area contributed by atoms with Crippen LogP contribution in [-0.2, 0) is 30.4 Å². The summed E-state index contributed by atoms with van der Waals surface area (Å²) in [5.74, 6) is 1.31. The minimum atomic E-state index is -3.90. The first-order valence-electron chi connectivity index (χ1n) is 7.29. The average molecular weight is 513 g/mol. The van der Waals surface area contributed by atoms with Gasteiger partial charge in [-0.15, -0.1) is 0 Å². The van der Waals surface area contributed by atoms with Crippen LogP contribution in [0.2, 0.25) is 0 Å². The van der Waals surface area contributed by atoms with Gasteiger partial charge in [0, 0.05) is 0 Å². The van der Waals surface area contributed by atoms with Crippen molar-refractivity contribution in [1.29, 1.82) is 0 Å². The summed E-state index contributed by atoms with van der Waals surface area (Å²) < 4.78 is 87.7. The minimum absolute atomic E-state index is 0.184. The Hall–Kier alpha value is 2.78. The summed E-state index contributed by atoms with van der Waals surface area (Å²) in [6, 6.07) is 0. The normalized spacial score (nSPS) is 13.8. The molecule has 0 aliphatic heterocycles. The molecular formula is C9H22Na2O9S6. The summed E-state index contributed by atoms with van der Waals surface area (Å²) >= 11 is 5.58. The van der Waals surface area contributed by atoms with Gasteiger partial charge >= 0.3 is 147 Å². The second kappa shape index (κ2) is 14.7. The van der Waals surface area contributed by atoms with Gasteiger partial charge in [0.2, 0.25) is 0 Å². The fraction of sp³-hybridized carbons (Fsp3) is 1.00. The summed E-state index contributed by atoms with van der Waals surface area (Å²) in [5.41, 5.74) is 0. The average Bonchev–Trinajstić information content (AvgIpc) is 2.42. The Bertz CT molecular complexity index is 653. The van der Waals surface area contributed by atoms with E-state index in [1.54, 1.807) is 6.92 Å². The molecule has 0 heterocycles. The van der Waals surface area contributed by atoms with E-state index in [0.29, 0.717) is 25.0 Å². The van der Waals surface area contributed by atoms with Crippen LogP contribution >= 0.6 is 24.7 Å². The molecular weight excluding hydrogens is 490 g/mol. The van der Waals surface area contributed by atoms with Crippen molar-refractivity contribution in [3.8, 4) is 0 Å². The molecule has 0 aromatic carbocycles. The second-order valence-electron chi connectivity index (χ2n) is 5.40. The van der Waals surface area contributed by atoms with Crippen LogP contribution in [0.4, 0.5) is 0 Å². The molecule has 26 heavy (non-hydrogen) atoms. The molecule has 0 unspecified atom stereocenters. The maximum absolute atomic E-state index is 10.6. The van der Waals surface area contributed by atoms with Crippen LogP contribution in [0, 0.1) is 0 Å². The van der Waals surface area contributed by atoms with Gasteiger partial charge in [0.05, 0.1) is 5.75 Å². The Morgan fingerprint density at radius 3 is 1.19 bits per heavy atom. The van der Waals surface area contributed by atoms with E-state index in [4.69, 9.17) is 13.7 Å². The van der Waals surface area contributed by atoms with Crippen molar-refractivity contribution < 1.29 is 38.9 Å². The van der Waals surface area contributed by atoms with E-state index in [1.165, 1.54) is 0 Å².